The van der Waals surface area contributed by atoms with Gasteiger partial charge in [0.15, 0.2) is 0 Å². The SMILES string of the molecule is COCCCc1ccc(CCc2ccc3c(F)c(CCc4ccc(OC(F)F)cc4)ccc3c2)c(F)c1. The van der Waals surface area contributed by atoms with Crippen molar-refractivity contribution in [2.45, 2.75) is 45.1 Å². The number of benzene rings is 4. The number of hydrogen-bond donors (Lipinski definition) is 0. The Morgan fingerprint density at radius 2 is 1.32 bits per heavy atom. The summed E-state index contributed by atoms with van der Waals surface area (Å²) in [6.07, 6.45) is 3.93. The van der Waals surface area contributed by atoms with Crippen molar-refractivity contribution in [2.24, 2.45) is 0 Å². The normalized spacial score (nSPS) is 11.4. The van der Waals surface area contributed by atoms with Gasteiger partial charge in [-0.25, -0.2) is 8.78 Å². The van der Waals surface area contributed by atoms with Crippen LogP contribution < -0.4 is 4.74 Å². The summed E-state index contributed by atoms with van der Waals surface area (Å²) in [6.45, 7) is -2.20. The molecular weight excluding hydrogens is 480 g/mol. The predicted octanol–water partition coefficient (Wildman–Crippen LogP) is 7.87. The van der Waals surface area contributed by atoms with Crippen LogP contribution in [0.2, 0.25) is 0 Å². The van der Waals surface area contributed by atoms with E-state index in [1.165, 1.54) is 12.1 Å². The van der Waals surface area contributed by atoms with E-state index in [1.54, 1.807) is 37.4 Å². The number of ether oxygens (including phenoxy) is 2. The van der Waals surface area contributed by atoms with Crippen LogP contribution in [-0.4, -0.2) is 20.3 Å². The lowest BCUT2D eigenvalue weighted by Crippen LogP contribution is -2.02. The Kier molecular flexibility index (Phi) is 9.18. The monoisotopic (exact) mass is 510 g/mol. The van der Waals surface area contributed by atoms with E-state index in [0.29, 0.717) is 48.8 Å². The summed E-state index contributed by atoms with van der Waals surface area (Å²) in [4.78, 5) is 0. The number of alkyl halides is 2. The topological polar surface area (TPSA) is 18.5 Å². The number of hydrogen-bond acceptors (Lipinski definition) is 2. The van der Waals surface area contributed by atoms with Crippen LogP contribution in [0.4, 0.5) is 17.6 Å². The molecule has 0 heterocycles. The molecule has 4 aromatic rings. The molecular formula is C31H30F4O2. The van der Waals surface area contributed by atoms with E-state index in [1.807, 2.05) is 30.3 Å². The zero-order valence-electron chi connectivity index (χ0n) is 20.8. The van der Waals surface area contributed by atoms with Gasteiger partial charge in [-0.05, 0) is 89.9 Å². The van der Waals surface area contributed by atoms with Crippen LogP contribution in [0.15, 0.2) is 72.8 Å². The first-order valence-electron chi connectivity index (χ1n) is 12.4. The van der Waals surface area contributed by atoms with Gasteiger partial charge in [-0.15, -0.1) is 0 Å². The molecule has 0 bridgehead atoms. The molecule has 0 aliphatic heterocycles. The second-order valence-electron chi connectivity index (χ2n) is 9.14. The maximum Gasteiger partial charge on any atom is 0.387 e. The average molecular weight is 511 g/mol. The van der Waals surface area contributed by atoms with Crippen molar-refractivity contribution in [3.8, 4) is 5.75 Å². The largest absolute Gasteiger partial charge is 0.435 e. The highest BCUT2D eigenvalue weighted by Gasteiger charge is 2.10. The van der Waals surface area contributed by atoms with E-state index >= 15 is 4.39 Å². The van der Waals surface area contributed by atoms with Crippen molar-refractivity contribution in [1.29, 1.82) is 0 Å². The maximum absolute atomic E-state index is 15.2. The molecule has 0 saturated carbocycles. The molecule has 0 fully saturated rings. The van der Waals surface area contributed by atoms with Gasteiger partial charge in [0.1, 0.15) is 17.4 Å². The van der Waals surface area contributed by atoms with Gasteiger partial charge in [0.25, 0.3) is 0 Å². The van der Waals surface area contributed by atoms with Crippen LogP contribution in [0.1, 0.15) is 34.2 Å². The summed E-state index contributed by atoms with van der Waals surface area (Å²) in [7, 11) is 1.66. The molecule has 0 amide bonds. The Bertz CT molecular complexity index is 1320. The Morgan fingerprint density at radius 1 is 0.676 bits per heavy atom. The predicted molar refractivity (Wildman–Crippen MR) is 138 cm³/mol. The Balaban J connectivity index is 1.37. The lowest BCUT2D eigenvalue weighted by molar-refractivity contribution is -0.0498. The van der Waals surface area contributed by atoms with Gasteiger partial charge in [-0.1, -0.05) is 54.6 Å². The molecule has 0 N–H and O–H groups in total. The van der Waals surface area contributed by atoms with E-state index in [0.717, 1.165) is 34.9 Å². The molecule has 6 heteroatoms. The highest BCUT2D eigenvalue weighted by Crippen LogP contribution is 2.25. The third-order valence-electron chi connectivity index (χ3n) is 6.54. The summed E-state index contributed by atoms with van der Waals surface area (Å²) < 4.78 is 63.8. The third kappa shape index (κ3) is 7.32. The minimum Gasteiger partial charge on any atom is -0.435 e. The van der Waals surface area contributed by atoms with Gasteiger partial charge in [-0.2, -0.15) is 8.78 Å². The summed E-state index contributed by atoms with van der Waals surface area (Å²) in [5.74, 6) is -0.344. The van der Waals surface area contributed by atoms with Gasteiger partial charge in [0.05, 0.1) is 0 Å². The number of aryl methyl sites for hydroxylation is 5. The van der Waals surface area contributed by atoms with Crippen molar-refractivity contribution in [3.05, 3.63) is 112 Å². The molecule has 4 aromatic carbocycles. The standard InChI is InChI=1S/C31H30F4O2/c1-36-18-2-3-22-5-10-24(29(32)20-22)11-6-23-9-17-28-26(19-23)14-13-25(30(28)33)12-4-21-7-15-27(16-8-21)37-31(34)35/h5,7-10,13-17,19-20,31H,2-4,6,11-12,18H2,1H3. The van der Waals surface area contributed by atoms with E-state index in [2.05, 4.69) is 4.74 Å². The van der Waals surface area contributed by atoms with Crippen molar-refractivity contribution in [3.63, 3.8) is 0 Å². The van der Waals surface area contributed by atoms with Crippen molar-refractivity contribution in [1.82, 2.24) is 0 Å². The second-order valence-corrected chi connectivity index (χ2v) is 9.14. The van der Waals surface area contributed by atoms with E-state index in [-0.39, 0.29) is 17.4 Å². The summed E-state index contributed by atoms with van der Waals surface area (Å²) in [5.41, 5.74) is 4.17. The van der Waals surface area contributed by atoms with Crippen molar-refractivity contribution >= 4 is 10.8 Å². The van der Waals surface area contributed by atoms with Crippen molar-refractivity contribution in [2.75, 3.05) is 13.7 Å². The number of rotatable bonds is 12. The molecule has 0 aromatic heterocycles. The third-order valence-corrected chi connectivity index (χ3v) is 6.54. The molecule has 0 radical (unpaired) electrons. The minimum absolute atomic E-state index is 0.101. The zero-order valence-corrected chi connectivity index (χ0v) is 20.8. The Labute approximate surface area is 214 Å². The fraction of sp³-hybridized carbons (Fsp3) is 0.290. The van der Waals surface area contributed by atoms with Crippen molar-refractivity contribution < 1.29 is 27.0 Å². The number of fused-ring (bicyclic) bond motifs is 1. The second kappa shape index (κ2) is 12.7. The van der Waals surface area contributed by atoms with Gasteiger partial charge < -0.3 is 9.47 Å². The van der Waals surface area contributed by atoms with Gasteiger partial charge >= 0.3 is 6.61 Å². The van der Waals surface area contributed by atoms with Gasteiger partial charge in [0, 0.05) is 19.1 Å². The summed E-state index contributed by atoms with van der Waals surface area (Å²) in [5, 5.41) is 1.36. The summed E-state index contributed by atoms with van der Waals surface area (Å²) in [6, 6.07) is 21.2. The van der Waals surface area contributed by atoms with Crippen LogP contribution in [0, 0.1) is 11.6 Å². The Hall–Kier alpha value is -3.38. The van der Waals surface area contributed by atoms with Crippen LogP contribution in [0.5, 0.6) is 5.75 Å². The molecule has 4 rings (SSSR count). The molecule has 0 aliphatic carbocycles. The smallest absolute Gasteiger partial charge is 0.387 e. The average Bonchev–Trinajstić information content (AvgIpc) is 2.88. The molecule has 0 saturated heterocycles. The molecule has 37 heavy (non-hydrogen) atoms. The minimum atomic E-state index is -2.86. The van der Waals surface area contributed by atoms with Gasteiger partial charge in [-0.3, -0.25) is 0 Å². The van der Waals surface area contributed by atoms with Crippen LogP contribution >= 0.6 is 0 Å². The highest BCUT2D eigenvalue weighted by molar-refractivity contribution is 5.84. The van der Waals surface area contributed by atoms with Crippen LogP contribution in [0.25, 0.3) is 10.8 Å². The number of halogens is 4. The van der Waals surface area contributed by atoms with Gasteiger partial charge in [0.2, 0.25) is 0 Å². The fourth-order valence-electron chi connectivity index (χ4n) is 4.50. The highest BCUT2D eigenvalue weighted by atomic mass is 19.3. The molecule has 0 unspecified atom stereocenters. The lowest BCUT2D eigenvalue weighted by atomic mass is 9.97. The maximum atomic E-state index is 15.2. The van der Waals surface area contributed by atoms with Crippen LogP contribution in [-0.2, 0) is 36.8 Å². The van der Waals surface area contributed by atoms with E-state index in [9.17, 15) is 13.2 Å². The molecule has 0 spiro atoms. The first-order chi connectivity index (χ1) is 17.9. The lowest BCUT2D eigenvalue weighted by Gasteiger charge is -2.10. The molecule has 2 nitrogen and oxygen atoms in total. The first kappa shape index (κ1) is 26.7. The zero-order chi connectivity index (χ0) is 26.2. The molecule has 0 aliphatic rings. The van der Waals surface area contributed by atoms with E-state index in [4.69, 9.17) is 4.74 Å². The molecule has 0 atom stereocenters. The number of methoxy groups -OCH3 is 1. The molecule has 194 valence electrons. The quantitative estimate of drug-likeness (QED) is 0.143. The summed E-state index contributed by atoms with van der Waals surface area (Å²) >= 11 is 0. The fourth-order valence-corrected chi connectivity index (χ4v) is 4.50. The first-order valence-corrected chi connectivity index (χ1v) is 12.4. The van der Waals surface area contributed by atoms with E-state index < -0.39 is 6.61 Å². The Morgan fingerprint density at radius 3 is 2.05 bits per heavy atom. The van der Waals surface area contributed by atoms with Crippen LogP contribution in [0.3, 0.4) is 0 Å².